The number of fused-ring (bicyclic) bond motifs is 1. The van der Waals surface area contributed by atoms with Gasteiger partial charge in [-0.05, 0) is 32.2 Å². The number of hydrogen-bond acceptors (Lipinski definition) is 7. The molecule has 1 saturated heterocycles. The average molecular weight is 470 g/mol. The molecule has 1 aliphatic heterocycles. The lowest BCUT2D eigenvalue weighted by molar-refractivity contribution is -0.192. The number of carboxylic acids is 1. The van der Waals surface area contributed by atoms with Crippen LogP contribution in [0.5, 0.6) is 0 Å². The third kappa shape index (κ3) is 6.35. The van der Waals surface area contributed by atoms with Crippen molar-refractivity contribution in [2.75, 3.05) is 32.1 Å². The number of aliphatic carboxylic acids is 1. The van der Waals surface area contributed by atoms with E-state index in [0.717, 1.165) is 41.6 Å². The fourth-order valence-corrected chi connectivity index (χ4v) is 3.16. The molecule has 1 aliphatic rings. The van der Waals surface area contributed by atoms with E-state index in [2.05, 4.69) is 30.4 Å². The first-order valence-corrected chi connectivity index (χ1v) is 9.84. The molecule has 0 amide bonds. The minimum Gasteiger partial charge on any atom is -0.475 e. The Bertz CT molecular complexity index is 1120. The Morgan fingerprint density at radius 2 is 2.06 bits per heavy atom. The second-order valence-electron chi connectivity index (χ2n) is 7.34. The van der Waals surface area contributed by atoms with Crippen molar-refractivity contribution in [1.29, 1.82) is 0 Å². The van der Waals surface area contributed by atoms with Crippen LogP contribution in [0, 0.1) is 12.7 Å². The Hall–Kier alpha value is -3.32. The highest BCUT2D eigenvalue weighted by atomic mass is 19.4. The zero-order valence-corrected chi connectivity index (χ0v) is 17.8. The zero-order chi connectivity index (χ0) is 24.2. The lowest BCUT2D eigenvalue weighted by Gasteiger charge is -2.30. The van der Waals surface area contributed by atoms with E-state index in [-0.39, 0.29) is 11.9 Å². The van der Waals surface area contributed by atoms with E-state index in [4.69, 9.17) is 14.6 Å². The van der Waals surface area contributed by atoms with Crippen LogP contribution in [-0.4, -0.2) is 69.1 Å². The molecule has 2 aromatic heterocycles. The molecule has 1 aromatic carbocycles. The maximum atomic E-state index is 13.5. The monoisotopic (exact) mass is 470 g/mol. The maximum absolute atomic E-state index is 13.5. The first-order chi connectivity index (χ1) is 15.5. The third-order valence-corrected chi connectivity index (χ3v) is 4.83. The van der Waals surface area contributed by atoms with Crippen LogP contribution in [0.15, 0.2) is 24.3 Å². The molecule has 1 unspecified atom stereocenters. The van der Waals surface area contributed by atoms with Crippen molar-refractivity contribution in [2.45, 2.75) is 25.7 Å². The number of ether oxygens (including phenoxy) is 1. The summed E-state index contributed by atoms with van der Waals surface area (Å²) in [5.41, 5.74) is 2.35. The molecule has 4 rings (SSSR count). The van der Waals surface area contributed by atoms with Gasteiger partial charge in [0.25, 0.3) is 0 Å². The number of rotatable bonds is 4. The van der Waals surface area contributed by atoms with E-state index in [0.29, 0.717) is 18.7 Å². The molecular weight excluding hydrogens is 448 g/mol. The molecule has 0 saturated carbocycles. The Balaban J connectivity index is 0.000000383. The lowest BCUT2D eigenvalue weighted by atomic mass is 10.1. The van der Waals surface area contributed by atoms with E-state index >= 15 is 0 Å². The largest absolute Gasteiger partial charge is 0.490 e. The molecule has 3 N–H and O–H groups in total. The number of benzene rings is 1. The van der Waals surface area contributed by atoms with E-state index in [1.165, 1.54) is 12.1 Å². The fourth-order valence-electron chi connectivity index (χ4n) is 3.16. The van der Waals surface area contributed by atoms with Crippen LogP contribution in [0.25, 0.3) is 10.9 Å². The lowest BCUT2D eigenvalue weighted by Crippen LogP contribution is -2.37. The maximum Gasteiger partial charge on any atom is 0.490 e. The van der Waals surface area contributed by atoms with Crippen molar-refractivity contribution < 1.29 is 32.2 Å². The van der Waals surface area contributed by atoms with Crippen molar-refractivity contribution >= 4 is 22.6 Å². The van der Waals surface area contributed by atoms with E-state index in [9.17, 15) is 17.6 Å². The van der Waals surface area contributed by atoms with Gasteiger partial charge < -0.3 is 15.2 Å². The molecule has 3 heterocycles. The fraction of sp³-hybridized carbons (Fsp3) is 0.400. The second-order valence-corrected chi connectivity index (χ2v) is 7.34. The predicted octanol–water partition coefficient (Wildman–Crippen LogP) is 3.05. The van der Waals surface area contributed by atoms with Crippen molar-refractivity contribution in [3.63, 3.8) is 0 Å². The number of aromatic amines is 1. The smallest absolute Gasteiger partial charge is 0.475 e. The summed E-state index contributed by atoms with van der Waals surface area (Å²) in [5, 5.41) is 18.7. The number of halogens is 4. The van der Waals surface area contributed by atoms with Gasteiger partial charge in [-0.3, -0.25) is 15.0 Å². The summed E-state index contributed by atoms with van der Waals surface area (Å²) in [7, 11) is 2.05. The number of carbonyl (C=O) groups is 1. The molecule has 0 spiro atoms. The van der Waals surface area contributed by atoms with Gasteiger partial charge in [0.2, 0.25) is 0 Å². The van der Waals surface area contributed by atoms with Crippen LogP contribution < -0.4 is 5.32 Å². The highest BCUT2D eigenvalue weighted by molar-refractivity contribution is 5.91. The summed E-state index contributed by atoms with van der Waals surface area (Å²) in [6, 6.07) is 6.63. The Morgan fingerprint density at radius 1 is 1.33 bits per heavy atom. The highest BCUT2D eigenvalue weighted by Crippen LogP contribution is 2.25. The molecule has 0 bridgehead atoms. The van der Waals surface area contributed by atoms with Crippen LogP contribution in [0.3, 0.4) is 0 Å². The van der Waals surface area contributed by atoms with Gasteiger partial charge in [-0.2, -0.15) is 18.3 Å². The molecule has 0 aliphatic carbocycles. The predicted molar refractivity (Wildman–Crippen MR) is 110 cm³/mol. The second kappa shape index (κ2) is 10.1. The highest BCUT2D eigenvalue weighted by Gasteiger charge is 2.38. The number of likely N-dealkylation sites (N-methyl/N-ethyl adjacent to an activating group) is 1. The summed E-state index contributed by atoms with van der Waals surface area (Å²) in [6.07, 6.45) is -5.08. The number of aryl methyl sites for hydroxylation is 1. The van der Waals surface area contributed by atoms with Crippen LogP contribution >= 0.6 is 0 Å². The molecule has 0 radical (unpaired) electrons. The van der Waals surface area contributed by atoms with Crippen molar-refractivity contribution in [2.24, 2.45) is 0 Å². The van der Waals surface area contributed by atoms with Crippen molar-refractivity contribution in [3.05, 3.63) is 47.4 Å². The van der Waals surface area contributed by atoms with Crippen LogP contribution in [0.1, 0.15) is 23.4 Å². The molecule has 9 nitrogen and oxygen atoms in total. The number of pyridine rings is 1. The van der Waals surface area contributed by atoms with Gasteiger partial charge in [0, 0.05) is 29.4 Å². The molecule has 178 valence electrons. The Labute approximate surface area is 185 Å². The summed E-state index contributed by atoms with van der Waals surface area (Å²) in [5.74, 6) is -1.57. The number of nitrogens with zero attached hydrogens (tertiary/aromatic N) is 4. The zero-order valence-electron chi connectivity index (χ0n) is 17.8. The van der Waals surface area contributed by atoms with Gasteiger partial charge in [-0.15, -0.1) is 0 Å². The number of morpholine rings is 1. The summed E-state index contributed by atoms with van der Waals surface area (Å²) in [6.45, 7) is 4.58. The number of hydrogen-bond donors (Lipinski definition) is 3. The minimum atomic E-state index is -5.08. The van der Waals surface area contributed by atoms with E-state index < -0.39 is 12.1 Å². The molecule has 3 aromatic rings. The third-order valence-electron chi connectivity index (χ3n) is 4.83. The Kier molecular flexibility index (Phi) is 7.43. The Morgan fingerprint density at radius 3 is 2.73 bits per heavy atom. The van der Waals surface area contributed by atoms with Crippen LogP contribution in [0.2, 0.25) is 0 Å². The van der Waals surface area contributed by atoms with Crippen molar-refractivity contribution in [1.82, 2.24) is 25.1 Å². The van der Waals surface area contributed by atoms with Crippen LogP contribution in [-0.2, 0) is 16.1 Å². The van der Waals surface area contributed by atoms with Crippen molar-refractivity contribution in [3.8, 4) is 0 Å². The SMILES string of the molecule is Cc1cc(NCc2nc(C3COCCN3C)n[nH]2)c2ccc(F)cc2n1.O=C(O)C(F)(F)F. The standard InChI is InChI=1S/C18H21FN6O.C2HF3O2/c1-11-7-14(13-4-3-12(19)8-15(13)21-11)20-9-17-22-18(24-23-17)16-10-26-6-5-25(16)2;3-2(4,5)1(6)7/h3-4,7-8,16H,5-6,9-10H2,1-2H3,(H,20,21)(H,22,23,24);(H,6,7). The topological polar surface area (TPSA) is 116 Å². The number of carboxylic acid groups (broad SMARTS) is 1. The van der Waals surface area contributed by atoms with E-state index in [1.807, 2.05) is 20.0 Å². The van der Waals surface area contributed by atoms with E-state index in [1.54, 1.807) is 6.07 Å². The number of H-pyrrole nitrogens is 1. The summed E-state index contributed by atoms with van der Waals surface area (Å²) >= 11 is 0. The van der Waals surface area contributed by atoms with Gasteiger partial charge >= 0.3 is 12.1 Å². The first-order valence-electron chi connectivity index (χ1n) is 9.84. The normalized spacial score (nSPS) is 16.8. The van der Waals surface area contributed by atoms with Gasteiger partial charge in [-0.1, -0.05) is 0 Å². The molecule has 33 heavy (non-hydrogen) atoms. The van der Waals surface area contributed by atoms with Gasteiger partial charge in [0.1, 0.15) is 11.6 Å². The van der Waals surface area contributed by atoms with Gasteiger partial charge in [-0.25, -0.2) is 14.2 Å². The summed E-state index contributed by atoms with van der Waals surface area (Å²) in [4.78, 5) is 20.1. The quantitative estimate of drug-likeness (QED) is 0.499. The minimum absolute atomic E-state index is 0.0701. The number of nitrogens with one attached hydrogen (secondary N) is 2. The first kappa shape index (κ1) is 24.3. The number of anilines is 1. The van der Waals surface area contributed by atoms with Gasteiger partial charge in [0.15, 0.2) is 5.82 Å². The number of alkyl halides is 3. The average Bonchev–Trinajstić information content (AvgIpc) is 3.20. The molecule has 1 fully saturated rings. The van der Waals surface area contributed by atoms with Gasteiger partial charge in [0.05, 0.1) is 31.3 Å². The molecule has 13 heteroatoms. The number of aromatic nitrogens is 4. The molecule has 1 atom stereocenters. The molecular formula is C20H22F4N6O3. The van der Waals surface area contributed by atoms with Crippen LogP contribution in [0.4, 0.5) is 23.2 Å². The summed E-state index contributed by atoms with van der Waals surface area (Å²) < 4.78 is 50.7.